The molecule has 0 aliphatic carbocycles. The first kappa shape index (κ1) is 14.0. The van der Waals surface area contributed by atoms with Crippen molar-refractivity contribution in [1.29, 1.82) is 0 Å². The van der Waals surface area contributed by atoms with Crippen molar-refractivity contribution in [3.05, 3.63) is 60.2 Å². The monoisotopic (exact) mass is 306 g/mol. The first-order valence-electron chi connectivity index (χ1n) is 8.02. The van der Waals surface area contributed by atoms with Crippen molar-refractivity contribution in [2.45, 2.75) is 25.3 Å². The second-order valence-electron chi connectivity index (χ2n) is 6.05. The molecule has 0 spiro atoms. The Hall–Kier alpha value is -2.62. The Morgan fingerprint density at radius 3 is 2.48 bits per heavy atom. The molecule has 116 valence electrons. The van der Waals surface area contributed by atoms with Gasteiger partial charge in [-0.3, -0.25) is 9.59 Å². The summed E-state index contributed by atoms with van der Waals surface area (Å²) in [5.41, 5.74) is 3.02. The van der Waals surface area contributed by atoms with Crippen LogP contribution in [0.4, 0.5) is 11.4 Å². The van der Waals surface area contributed by atoms with Crippen LogP contribution in [0.25, 0.3) is 0 Å². The summed E-state index contributed by atoms with van der Waals surface area (Å²) in [5, 5.41) is 0. The van der Waals surface area contributed by atoms with E-state index in [0.29, 0.717) is 5.69 Å². The molecule has 2 amide bonds. The molecule has 4 rings (SSSR count). The molecule has 1 saturated heterocycles. The number of amides is 2. The zero-order valence-corrected chi connectivity index (χ0v) is 12.8. The molecule has 2 heterocycles. The lowest BCUT2D eigenvalue weighted by Crippen LogP contribution is -2.44. The lowest BCUT2D eigenvalue weighted by Gasteiger charge is -2.34. The summed E-state index contributed by atoms with van der Waals surface area (Å²) in [5.74, 6) is -0.229. The summed E-state index contributed by atoms with van der Waals surface area (Å²) >= 11 is 0. The van der Waals surface area contributed by atoms with Crippen LogP contribution < -0.4 is 9.80 Å². The van der Waals surface area contributed by atoms with Gasteiger partial charge in [-0.25, -0.2) is 4.90 Å². The molecular weight excluding hydrogens is 288 g/mol. The van der Waals surface area contributed by atoms with Crippen LogP contribution in [0.5, 0.6) is 0 Å². The van der Waals surface area contributed by atoms with Gasteiger partial charge in [-0.15, -0.1) is 0 Å². The van der Waals surface area contributed by atoms with Gasteiger partial charge in [0.1, 0.15) is 6.04 Å². The predicted octanol–water partition coefficient (Wildman–Crippen LogP) is 2.77. The van der Waals surface area contributed by atoms with Gasteiger partial charge in [-0.2, -0.15) is 0 Å². The van der Waals surface area contributed by atoms with E-state index in [2.05, 4.69) is 17.0 Å². The zero-order chi connectivity index (χ0) is 15.8. The Morgan fingerprint density at radius 1 is 0.913 bits per heavy atom. The van der Waals surface area contributed by atoms with Gasteiger partial charge in [0.05, 0.1) is 12.1 Å². The minimum atomic E-state index is -0.385. The van der Waals surface area contributed by atoms with Gasteiger partial charge in [0, 0.05) is 12.2 Å². The highest BCUT2D eigenvalue weighted by Gasteiger charge is 2.43. The van der Waals surface area contributed by atoms with E-state index in [4.69, 9.17) is 0 Å². The van der Waals surface area contributed by atoms with E-state index in [-0.39, 0.29) is 24.3 Å². The molecule has 0 N–H and O–H groups in total. The Bertz CT molecular complexity index is 757. The topological polar surface area (TPSA) is 40.6 Å². The average Bonchev–Trinajstić information content (AvgIpc) is 2.89. The molecule has 0 radical (unpaired) electrons. The molecule has 2 aromatic carbocycles. The summed E-state index contributed by atoms with van der Waals surface area (Å²) in [6.45, 7) is 0.823. The highest BCUT2D eigenvalue weighted by atomic mass is 16.2. The highest BCUT2D eigenvalue weighted by molar-refractivity contribution is 6.23. The summed E-state index contributed by atoms with van der Waals surface area (Å²) in [6, 6.07) is 17.0. The van der Waals surface area contributed by atoms with Crippen LogP contribution >= 0.6 is 0 Å². The number of hydrogen-bond acceptors (Lipinski definition) is 3. The maximum atomic E-state index is 12.9. The van der Waals surface area contributed by atoms with Crippen molar-refractivity contribution >= 4 is 23.2 Å². The maximum Gasteiger partial charge on any atom is 0.256 e. The summed E-state index contributed by atoms with van der Waals surface area (Å²) in [4.78, 5) is 28.8. The molecular formula is C19H18N2O2. The number of anilines is 2. The lowest BCUT2D eigenvalue weighted by atomic mass is 9.99. The number of hydrogen-bond donors (Lipinski definition) is 0. The Labute approximate surface area is 135 Å². The van der Waals surface area contributed by atoms with Crippen LogP contribution in [-0.2, 0) is 16.0 Å². The number of benzene rings is 2. The Kier molecular flexibility index (Phi) is 3.37. The van der Waals surface area contributed by atoms with Crippen LogP contribution in [-0.4, -0.2) is 24.4 Å². The molecule has 2 aromatic rings. The smallest absolute Gasteiger partial charge is 0.256 e. The summed E-state index contributed by atoms with van der Waals surface area (Å²) < 4.78 is 0. The molecule has 4 nitrogen and oxygen atoms in total. The molecule has 0 saturated carbocycles. The largest absolute Gasteiger partial charge is 0.359 e. The molecule has 1 atom stereocenters. The van der Waals surface area contributed by atoms with Gasteiger partial charge in [-0.05, 0) is 36.6 Å². The fraction of sp³-hybridized carbons (Fsp3) is 0.263. The van der Waals surface area contributed by atoms with Crippen LogP contribution in [0.2, 0.25) is 0 Å². The minimum Gasteiger partial charge on any atom is -0.359 e. The van der Waals surface area contributed by atoms with Gasteiger partial charge in [0.2, 0.25) is 5.91 Å². The van der Waals surface area contributed by atoms with Crippen molar-refractivity contribution in [1.82, 2.24) is 0 Å². The molecule has 4 heteroatoms. The summed E-state index contributed by atoms with van der Waals surface area (Å²) in [6.07, 6.45) is 2.30. The van der Waals surface area contributed by atoms with Gasteiger partial charge < -0.3 is 4.90 Å². The van der Waals surface area contributed by atoms with Crippen molar-refractivity contribution in [3.63, 3.8) is 0 Å². The molecule has 2 aliphatic rings. The van der Waals surface area contributed by atoms with E-state index in [1.54, 1.807) is 0 Å². The van der Waals surface area contributed by atoms with Gasteiger partial charge in [0.15, 0.2) is 0 Å². The van der Waals surface area contributed by atoms with E-state index in [0.717, 1.165) is 25.1 Å². The number of rotatable bonds is 2. The number of carbonyl (C=O) groups excluding carboxylic acids is 2. The third-order valence-electron chi connectivity index (χ3n) is 4.66. The van der Waals surface area contributed by atoms with E-state index in [9.17, 15) is 9.59 Å². The molecule has 1 fully saturated rings. The van der Waals surface area contributed by atoms with E-state index in [1.807, 2.05) is 42.5 Å². The Morgan fingerprint density at radius 2 is 1.65 bits per heavy atom. The number of fused-ring (bicyclic) bond motifs is 1. The van der Waals surface area contributed by atoms with E-state index in [1.165, 1.54) is 10.5 Å². The summed E-state index contributed by atoms with van der Waals surface area (Å²) in [7, 11) is 0. The standard InChI is InChI=1S/C19H18N2O2/c22-18-13-17(19(23)21(18)15-9-2-1-3-10-15)20-12-6-8-14-7-4-5-11-16(14)20/h1-5,7,9-11,17H,6,8,12-13H2/t17-/m1/s1. The van der Waals surface area contributed by atoms with Crippen molar-refractivity contribution in [3.8, 4) is 0 Å². The number of carbonyl (C=O) groups is 2. The molecule has 0 bridgehead atoms. The van der Waals surface area contributed by atoms with Crippen molar-refractivity contribution in [2.75, 3.05) is 16.3 Å². The predicted molar refractivity (Wildman–Crippen MR) is 89.4 cm³/mol. The normalized spacial score (nSPS) is 20.8. The fourth-order valence-corrected chi connectivity index (χ4v) is 3.59. The SMILES string of the molecule is O=C1C[C@@H](N2CCCc3ccccc32)C(=O)N1c1ccccc1. The number of nitrogens with zero attached hydrogens (tertiary/aromatic N) is 2. The second-order valence-corrected chi connectivity index (χ2v) is 6.05. The third kappa shape index (κ3) is 2.31. The lowest BCUT2D eigenvalue weighted by molar-refractivity contribution is -0.121. The van der Waals surface area contributed by atoms with Gasteiger partial charge >= 0.3 is 0 Å². The number of para-hydroxylation sites is 2. The van der Waals surface area contributed by atoms with E-state index >= 15 is 0 Å². The van der Waals surface area contributed by atoms with Crippen molar-refractivity contribution < 1.29 is 9.59 Å². The van der Waals surface area contributed by atoms with Crippen LogP contribution in [0, 0.1) is 0 Å². The quantitative estimate of drug-likeness (QED) is 0.801. The second kappa shape index (κ2) is 5.54. The van der Waals surface area contributed by atoms with Crippen molar-refractivity contribution in [2.24, 2.45) is 0 Å². The molecule has 2 aliphatic heterocycles. The highest BCUT2D eigenvalue weighted by Crippen LogP contribution is 2.33. The zero-order valence-electron chi connectivity index (χ0n) is 12.8. The van der Waals surface area contributed by atoms with Crippen LogP contribution in [0.3, 0.4) is 0 Å². The number of aryl methyl sites for hydroxylation is 1. The van der Waals surface area contributed by atoms with Gasteiger partial charge in [-0.1, -0.05) is 36.4 Å². The average molecular weight is 306 g/mol. The van der Waals surface area contributed by atoms with Crippen LogP contribution in [0.15, 0.2) is 54.6 Å². The first-order chi connectivity index (χ1) is 11.3. The van der Waals surface area contributed by atoms with Gasteiger partial charge in [0.25, 0.3) is 5.91 Å². The third-order valence-corrected chi connectivity index (χ3v) is 4.66. The molecule has 0 aromatic heterocycles. The van der Waals surface area contributed by atoms with Crippen LogP contribution in [0.1, 0.15) is 18.4 Å². The first-order valence-corrected chi connectivity index (χ1v) is 8.02. The maximum absolute atomic E-state index is 12.9. The fourth-order valence-electron chi connectivity index (χ4n) is 3.59. The molecule has 23 heavy (non-hydrogen) atoms. The Balaban J connectivity index is 1.67. The van der Waals surface area contributed by atoms with E-state index < -0.39 is 0 Å². The molecule has 0 unspecified atom stereocenters. The number of imide groups is 1. The minimum absolute atomic E-state index is 0.113.